The van der Waals surface area contributed by atoms with Crippen molar-refractivity contribution in [3.8, 4) is 0 Å². The summed E-state index contributed by atoms with van der Waals surface area (Å²) in [5, 5.41) is 15.8. The van der Waals surface area contributed by atoms with Gasteiger partial charge in [-0.1, -0.05) is 12.1 Å². The van der Waals surface area contributed by atoms with Crippen molar-refractivity contribution < 1.29 is 4.92 Å². The molecule has 140 valence electrons. The van der Waals surface area contributed by atoms with Crippen molar-refractivity contribution in [1.82, 2.24) is 9.47 Å². The number of hydrogen-bond donors (Lipinski definition) is 1. The first-order chi connectivity index (χ1) is 13.0. The number of likely N-dealkylation sites (N-methyl/N-ethyl adjacent to an activating group) is 1. The zero-order valence-corrected chi connectivity index (χ0v) is 15.7. The third kappa shape index (κ3) is 3.40. The fourth-order valence-corrected chi connectivity index (χ4v) is 4.03. The second-order valence-corrected chi connectivity index (χ2v) is 7.37. The van der Waals surface area contributed by atoms with Crippen LogP contribution in [0.4, 0.5) is 17.1 Å². The number of likely N-dealkylation sites (tertiary alicyclic amines) is 1. The molecular weight excluding hydrogens is 340 g/mol. The molecule has 6 heteroatoms. The van der Waals surface area contributed by atoms with Gasteiger partial charge in [0, 0.05) is 40.9 Å². The van der Waals surface area contributed by atoms with Crippen LogP contribution in [0.5, 0.6) is 0 Å². The van der Waals surface area contributed by atoms with Crippen LogP contribution in [0.2, 0.25) is 0 Å². The number of para-hydroxylation sites is 1. The molecule has 1 atom stereocenters. The van der Waals surface area contributed by atoms with Crippen molar-refractivity contribution in [1.29, 1.82) is 0 Å². The summed E-state index contributed by atoms with van der Waals surface area (Å²) in [5.41, 5.74) is 3.34. The van der Waals surface area contributed by atoms with Gasteiger partial charge >= 0.3 is 0 Å². The van der Waals surface area contributed by atoms with Crippen LogP contribution >= 0.6 is 0 Å². The van der Waals surface area contributed by atoms with Gasteiger partial charge in [-0.05, 0) is 63.7 Å². The summed E-state index contributed by atoms with van der Waals surface area (Å²) >= 11 is 0. The lowest BCUT2D eigenvalue weighted by molar-refractivity contribution is -0.384. The van der Waals surface area contributed by atoms with Gasteiger partial charge in [0.25, 0.3) is 5.69 Å². The first-order valence-corrected chi connectivity index (χ1v) is 9.33. The summed E-state index contributed by atoms with van der Waals surface area (Å²) in [6.45, 7) is 3.93. The van der Waals surface area contributed by atoms with Gasteiger partial charge in [-0.2, -0.15) is 0 Å². The molecule has 1 N–H and O–H groups in total. The number of anilines is 2. The summed E-state index contributed by atoms with van der Waals surface area (Å²) in [6, 6.07) is 14.2. The van der Waals surface area contributed by atoms with Gasteiger partial charge in [-0.15, -0.1) is 0 Å². The van der Waals surface area contributed by atoms with Crippen LogP contribution in [-0.4, -0.2) is 34.0 Å². The van der Waals surface area contributed by atoms with E-state index < -0.39 is 0 Å². The molecule has 2 aromatic carbocycles. The molecule has 1 aliphatic heterocycles. The molecule has 1 saturated heterocycles. The van der Waals surface area contributed by atoms with Crippen LogP contribution in [0.3, 0.4) is 0 Å². The molecule has 0 amide bonds. The van der Waals surface area contributed by atoms with Crippen molar-refractivity contribution >= 4 is 28.0 Å². The van der Waals surface area contributed by atoms with E-state index in [1.54, 1.807) is 19.1 Å². The number of nitro benzene ring substituents is 1. The largest absolute Gasteiger partial charge is 0.350 e. The monoisotopic (exact) mass is 364 g/mol. The van der Waals surface area contributed by atoms with Crippen molar-refractivity contribution in [3.63, 3.8) is 0 Å². The number of aromatic nitrogens is 1. The summed E-state index contributed by atoms with van der Waals surface area (Å²) in [4.78, 5) is 13.5. The molecule has 1 fully saturated rings. The Morgan fingerprint density at radius 3 is 2.85 bits per heavy atom. The zero-order valence-electron chi connectivity index (χ0n) is 15.7. The normalized spacial score (nSPS) is 17.5. The topological polar surface area (TPSA) is 63.3 Å². The Bertz CT molecular complexity index is 995. The molecule has 0 radical (unpaired) electrons. The number of nitrogens with zero attached hydrogens (tertiary/aromatic N) is 3. The van der Waals surface area contributed by atoms with Gasteiger partial charge in [0.2, 0.25) is 0 Å². The zero-order chi connectivity index (χ0) is 19.0. The van der Waals surface area contributed by atoms with E-state index in [4.69, 9.17) is 0 Å². The highest BCUT2D eigenvalue weighted by molar-refractivity contribution is 5.85. The van der Waals surface area contributed by atoms with Crippen molar-refractivity contribution in [2.75, 3.05) is 18.9 Å². The van der Waals surface area contributed by atoms with E-state index in [0.29, 0.717) is 17.3 Å². The van der Waals surface area contributed by atoms with Crippen molar-refractivity contribution in [2.45, 2.75) is 32.4 Å². The van der Waals surface area contributed by atoms with Gasteiger partial charge in [0.05, 0.1) is 4.92 Å². The smallest absolute Gasteiger partial charge is 0.295 e. The van der Waals surface area contributed by atoms with E-state index in [2.05, 4.69) is 46.2 Å². The molecule has 2 heterocycles. The minimum Gasteiger partial charge on any atom is -0.350 e. The summed E-state index contributed by atoms with van der Waals surface area (Å²) in [7, 11) is 2.19. The molecule has 0 spiro atoms. The molecule has 27 heavy (non-hydrogen) atoms. The number of aryl methyl sites for hydroxylation is 1. The third-order valence-electron chi connectivity index (χ3n) is 5.55. The first kappa shape index (κ1) is 17.5. The van der Waals surface area contributed by atoms with Crippen molar-refractivity contribution in [3.05, 3.63) is 64.3 Å². The first-order valence-electron chi connectivity index (χ1n) is 9.33. The van der Waals surface area contributed by atoms with Crippen molar-refractivity contribution in [2.24, 2.45) is 0 Å². The molecule has 0 unspecified atom stereocenters. The lowest BCUT2D eigenvalue weighted by Gasteiger charge is -2.20. The van der Waals surface area contributed by atoms with E-state index in [1.165, 1.54) is 24.9 Å². The van der Waals surface area contributed by atoms with Gasteiger partial charge < -0.3 is 14.8 Å². The Hall–Kier alpha value is -2.86. The highest BCUT2D eigenvalue weighted by Gasteiger charge is 2.21. The van der Waals surface area contributed by atoms with Crippen LogP contribution in [0.25, 0.3) is 10.9 Å². The predicted molar refractivity (Wildman–Crippen MR) is 109 cm³/mol. The number of benzene rings is 2. The van der Waals surface area contributed by atoms with Crippen LogP contribution in [0.1, 0.15) is 18.4 Å². The Labute approximate surface area is 158 Å². The van der Waals surface area contributed by atoms with Gasteiger partial charge in [-0.3, -0.25) is 10.1 Å². The van der Waals surface area contributed by atoms with E-state index >= 15 is 0 Å². The average Bonchev–Trinajstić information content (AvgIpc) is 3.21. The van der Waals surface area contributed by atoms with Crippen LogP contribution in [0, 0.1) is 17.0 Å². The maximum atomic E-state index is 11.4. The maximum absolute atomic E-state index is 11.4. The summed E-state index contributed by atoms with van der Waals surface area (Å²) < 4.78 is 2.31. The van der Waals surface area contributed by atoms with Gasteiger partial charge in [0.15, 0.2) is 0 Å². The average molecular weight is 364 g/mol. The third-order valence-corrected chi connectivity index (χ3v) is 5.55. The molecule has 0 aliphatic carbocycles. The number of hydrogen-bond acceptors (Lipinski definition) is 4. The van der Waals surface area contributed by atoms with E-state index in [1.807, 2.05) is 12.1 Å². The molecule has 0 bridgehead atoms. The van der Waals surface area contributed by atoms with Gasteiger partial charge in [-0.25, -0.2) is 0 Å². The number of nitro groups is 1. The lowest BCUT2D eigenvalue weighted by Crippen LogP contribution is -2.28. The fraction of sp³-hybridized carbons (Fsp3) is 0.333. The number of nitrogens with one attached hydrogen (secondary N) is 1. The summed E-state index contributed by atoms with van der Waals surface area (Å²) in [5.74, 6) is 0. The molecule has 4 rings (SSSR count). The highest BCUT2D eigenvalue weighted by Crippen LogP contribution is 2.32. The minimum atomic E-state index is -0.329. The van der Waals surface area contributed by atoms with E-state index in [-0.39, 0.29) is 10.6 Å². The Morgan fingerprint density at radius 2 is 2.11 bits per heavy atom. The fourth-order valence-electron chi connectivity index (χ4n) is 4.03. The number of rotatable bonds is 5. The van der Waals surface area contributed by atoms with Gasteiger partial charge in [0.1, 0.15) is 5.69 Å². The lowest BCUT2D eigenvalue weighted by atomic mass is 10.1. The van der Waals surface area contributed by atoms with Crippen LogP contribution in [0.15, 0.2) is 48.7 Å². The minimum absolute atomic E-state index is 0.124. The van der Waals surface area contributed by atoms with E-state index in [9.17, 15) is 10.1 Å². The molecule has 1 aliphatic rings. The molecular formula is C21H24N4O2. The highest BCUT2D eigenvalue weighted by atomic mass is 16.6. The van der Waals surface area contributed by atoms with Crippen LogP contribution in [-0.2, 0) is 6.54 Å². The maximum Gasteiger partial charge on any atom is 0.295 e. The predicted octanol–water partition coefficient (Wildman–Crippen LogP) is 4.70. The quantitative estimate of drug-likeness (QED) is 0.527. The molecule has 3 aromatic rings. The SMILES string of the molecule is Cc1cccc(Nc2ccc3c(ccn3C[C@H]3CCCN3C)c2)c1[N+](=O)[O-]. The number of fused-ring (bicyclic) bond motifs is 1. The Morgan fingerprint density at radius 1 is 1.26 bits per heavy atom. The molecule has 6 nitrogen and oxygen atoms in total. The molecule has 0 saturated carbocycles. The van der Waals surface area contributed by atoms with Crippen LogP contribution < -0.4 is 5.32 Å². The Balaban J connectivity index is 1.60. The second kappa shape index (κ2) is 7.04. The Kier molecular flexibility index (Phi) is 4.58. The summed E-state index contributed by atoms with van der Waals surface area (Å²) in [6.07, 6.45) is 4.65. The standard InChI is InChI=1S/C21H24N4O2/c1-15-5-3-7-19(21(15)25(26)27)22-17-8-9-20-16(13-17)10-12-24(20)14-18-6-4-11-23(18)2/h3,5,7-10,12-13,18,22H,4,6,11,14H2,1-2H3/t18-/m1/s1. The molecule has 1 aromatic heterocycles. The second-order valence-electron chi connectivity index (χ2n) is 7.37. The van der Waals surface area contributed by atoms with E-state index in [0.717, 1.165) is 17.6 Å².